The average Bonchev–Trinajstić information content (AvgIpc) is 2.97. The summed E-state index contributed by atoms with van der Waals surface area (Å²) in [7, 11) is -21.7. The van der Waals surface area contributed by atoms with Crippen LogP contribution in [0.25, 0.3) is 0 Å². The molecule has 0 bridgehead atoms. The van der Waals surface area contributed by atoms with Crippen LogP contribution in [0.15, 0.2) is 32.1 Å². The van der Waals surface area contributed by atoms with Crippen LogP contribution in [-0.2, 0) is 18.6 Å². The van der Waals surface area contributed by atoms with E-state index in [1.807, 2.05) is 0 Å². The van der Waals surface area contributed by atoms with Gasteiger partial charge in [0, 0.05) is 23.1 Å². The molecule has 2 heterocycles. The lowest BCUT2D eigenvalue weighted by molar-refractivity contribution is 0.353. The third kappa shape index (κ3) is 4.82. The zero-order chi connectivity index (χ0) is 22.9. The predicted octanol–water partition coefficient (Wildman–Crippen LogP) is 7.26. The molecule has 0 unspecified atom stereocenters. The second-order valence-corrected chi connectivity index (χ2v) is 12.1. The summed E-state index contributed by atoms with van der Waals surface area (Å²) < 4.78 is 133. The van der Waals surface area contributed by atoms with E-state index in [1.165, 1.54) is 0 Å². The molecule has 0 amide bonds. The number of nitrogens with one attached hydrogen (secondary N) is 1. The minimum Gasteiger partial charge on any atom is -0.301 e. The Kier molecular flexibility index (Phi) is 4.15. The molecular formula is C13H11F10N3OS3. The summed E-state index contributed by atoms with van der Waals surface area (Å²) in [6, 6.07) is -0.483. The highest BCUT2D eigenvalue weighted by Crippen LogP contribution is 3.05. The van der Waals surface area contributed by atoms with E-state index >= 15 is 0 Å². The number of hydrogen-bond acceptors (Lipinski definition) is 4. The molecule has 1 aliphatic carbocycles. The SMILES string of the molecule is O=c1[nH]c(SCc2c(S(F)(F)(F)(F)F)ccnc2S(F)(F)(F)(F)F)nc2c1CCC2. The first-order valence-electron chi connectivity index (χ1n) is 7.76. The number of rotatable bonds is 5. The van der Waals surface area contributed by atoms with Crippen LogP contribution in [0, 0.1) is 0 Å². The van der Waals surface area contributed by atoms with Crippen LogP contribution in [0.3, 0.4) is 0 Å². The second kappa shape index (κ2) is 5.40. The monoisotopic (exact) mass is 511 g/mol. The molecule has 0 saturated carbocycles. The van der Waals surface area contributed by atoms with E-state index in [0.29, 0.717) is 19.3 Å². The van der Waals surface area contributed by atoms with Crippen molar-refractivity contribution in [1.29, 1.82) is 0 Å². The van der Waals surface area contributed by atoms with Crippen molar-refractivity contribution in [1.82, 2.24) is 15.0 Å². The van der Waals surface area contributed by atoms with Gasteiger partial charge in [0.15, 0.2) is 5.16 Å². The van der Waals surface area contributed by atoms with Gasteiger partial charge in [-0.2, -0.15) is 0 Å². The van der Waals surface area contributed by atoms with Crippen LogP contribution in [0.4, 0.5) is 38.9 Å². The van der Waals surface area contributed by atoms with Crippen LogP contribution in [0.2, 0.25) is 0 Å². The maximum absolute atomic E-state index is 13.3. The standard InChI is InChI=1S/C13H11F10N3OS3/c14-29(15,16,17,18)10-4-5-24-12(30(19,20,21,22)23)8(10)6-28-13-25-9-3-1-2-7(9)11(27)26-13/h4-5H,1-3,6H2,(H,25,26,27). The lowest BCUT2D eigenvalue weighted by Crippen LogP contribution is -2.18. The highest BCUT2D eigenvalue weighted by atomic mass is 32.5. The molecule has 0 saturated heterocycles. The van der Waals surface area contributed by atoms with Crippen molar-refractivity contribution in [3.63, 3.8) is 0 Å². The number of aromatic nitrogens is 3. The lowest BCUT2D eigenvalue weighted by atomic mass is 10.3. The number of aromatic amines is 1. The van der Waals surface area contributed by atoms with E-state index < -0.39 is 64.7 Å². The highest BCUT2D eigenvalue weighted by Gasteiger charge is 2.72. The summed E-state index contributed by atoms with van der Waals surface area (Å²) >= 11 is -0.0265. The molecule has 3 rings (SSSR count). The molecule has 0 spiro atoms. The third-order valence-corrected chi connectivity index (χ3v) is 7.22. The maximum Gasteiger partial charge on any atom is 0.326 e. The first kappa shape index (κ1) is 23.1. The van der Waals surface area contributed by atoms with Crippen molar-refractivity contribution in [3.8, 4) is 0 Å². The van der Waals surface area contributed by atoms with Gasteiger partial charge in [0.25, 0.3) is 5.56 Å². The Hall–Kier alpha value is -1.62. The molecule has 2 aromatic heterocycles. The molecular weight excluding hydrogens is 500 g/mol. The van der Waals surface area contributed by atoms with Gasteiger partial charge in [-0.3, -0.25) is 4.79 Å². The van der Waals surface area contributed by atoms with Crippen molar-refractivity contribution in [2.24, 2.45) is 0 Å². The number of pyridine rings is 1. The molecule has 172 valence electrons. The first-order chi connectivity index (χ1) is 13.0. The topological polar surface area (TPSA) is 58.6 Å². The lowest BCUT2D eigenvalue weighted by Gasteiger charge is -2.45. The average molecular weight is 511 g/mol. The molecule has 2 aromatic rings. The Labute approximate surface area is 165 Å². The van der Waals surface area contributed by atoms with Gasteiger partial charge in [0.05, 0.1) is 5.69 Å². The van der Waals surface area contributed by atoms with Gasteiger partial charge in [-0.05, 0) is 25.3 Å². The second-order valence-electron chi connectivity index (χ2n) is 6.47. The normalized spacial score (nSPS) is 19.4. The minimum atomic E-state index is -10.9. The summed E-state index contributed by atoms with van der Waals surface area (Å²) in [6.45, 7) is 0. The van der Waals surface area contributed by atoms with Crippen LogP contribution in [0.5, 0.6) is 0 Å². The molecule has 0 aromatic carbocycles. The number of fused-ring (bicyclic) bond motifs is 1. The van der Waals surface area contributed by atoms with Gasteiger partial charge in [-0.1, -0.05) is 50.6 Å². The minimum absolute atomic E-state index is 0.0265. The van der Waals surface area contributed by atoms with Crippen molar-refractivity contribution < 1.29 is 38.9 Å². The van der Waals surface area contributed by atoms with E-state index in [9.17, 15) is 43.7 Å². The predicted molar refractivity (Wildman–Crippen MR) is 93.5 cm³/mol. The number of aryl methyl sites for hydroxylation is 1. The molecule has 1 aliphatic rings. The Morgan fingerprint density at radius 1 is 0.967 bits per heavy atom. The number of nitrogens with zero attached hydrogens (tertiary/aromatic N) is 2. The zero-order valence-electron chi connectivity index (χ0n) is 14.3. The molecule has 30 heavy (non-hydrogen) atoms. The van der Waals surface area contributed by atoms with Crippen LogP contribution in [-0.4, -0.2) is 15.0 Å². The molecule has 0 radical (unpaired) electrons. The van der Waals surface area contributed by atoms with Crippen molar-refractivity contribution in [2.45, 2.75) is 40.1 Å². The molecule has 1 N–H and O–H groups in total. The van der Waals surface area contributed by atoms with Gasteiger partial charge < -0.3 is 4.98 Å². The van der Waals surface area contributed by atoms with E-state index in [2.05, 4.69) is 15.0 Å². The smallest absolute Gasteiger partial charge is 0.301 e. The molecule has 0 atom stereocenters. The van der Waals surface area contributed by atoms with Crippen LogP contribution < -0.4 is 5.56 Å². The van der Waals surface area contributed by atoms with Gasteiger partial charge in [0.2, 0.25) is 5.03 Å². The van der Waals surface area contributed by atoms with E-state index in [4.69, 9.17) is 0 Å². The van der Waals surface area contributed by atoms with Crippen molar-refractivity contribution >= 4 is 32.2 Å². The van der Waals surface area contributed by atoms with Crippen LogP contribution in [0.1, 0.15) is 23.2 Å². The van der Waals surface area contributed by atoms with E-state index in [0.717, 1.165) is 0 Å². The quantitative estimate of drug-likeness (QED) is 0.261. The van der Waals surface area contributed by atoms with Crippen LogP contribution >= 0.6 is 32.2 Å². The van der Waals surface area contributed by atoms with Gasteiger partial charge in [-0.25, -0.2) is 9.97 Å². The fraction of sp³-hybridized carbons (Fsp3) is 0.308. The number of H-pyrrole nitrogens is 1. The third-order valence-electron chi connectivity index (χ3n) is 4.03. The number of halogens is 10. The number of thioether (sulfide) groups is 1. The fourth-order valence-electron chi connectivity index (χ4n) is 2.91. The Bertz CT molecular complexity index is 1060. The molecule has 0 aliphatic heterocycles. The van der Waals surface area contributed by atoms with Gasteiger partial charge >= 0.3 is 20.4 Å². The zero-order valence-corrected chi connectivity index (χ0v) is 16.7. The molecule has 4 nitrogen and oxygen atoms in total. The fourth-order valence-corrected chi connectivity index (χ4v) is 5.93. The largest absolute Gasteiger partial charge is 0.326 e. The Balaban J connectivity index is 2.16. The summed E-state index contributed by atoms with van der Waals surface area (Å²) in [4.78, 5) is 17.0. The number of hydrogen-bond donors (Lipinski definition) is 1. The molecule has 17 heteroatoms. The summed E-state index contributed by atoms with van der Waals surface area (Å²) in [5.74, 6) is -1.64. The summed E-state index contributed by atoms with van der Waals surface area (Å²) in [6.07, 6.45) is 0.802. The van der Waals surface area contributed by atoms with Crippen molar-refractivity contribution in [3.05, 3.63) is 39.4 Å². The summed E-state index contributed by atoms with van der Waals surface area (Å²) in [5, 5.41) is -3.80. The maximum atomic E-state index is 13.3. The highest BCUT2D eigenvalue weighted by molar-refractivity contribution is 8.46. The Morgan fingerprint density at radius 3 is 2.17 bits per heavy atom. The van der Waals surface area contributed by atoms with E-state index in [1.54, 1.807) is 0 Å². The van der Waals surface area contributed by atoms with Gasteiger partial charge in [-0.15, -0.1) is 0 Å². The Morgan fingerprint density at radius 2 is 1.60 bits per heavy atom. The molecule has 0 fully saturated rings. The van der Waals surface area contributed by atoms with Crippen molar-refractivity contribution in [2.75, 3.05) is 0 Å². The van der Waals surface area contributed by atoms with E-state index in [-0.39, 0.29) is 23.0 Å². The summed E-state index contributed by atoms with van der Waals surface area (Å²) in [5.41, 5.74) is -2.61. The van der Waals surface area contributed by atoms with Gasteiger partial charge in [0.1, 0.15) is 4.90 Å². The first-order valence-corrected chi connectivity index (χ1v) is 12.6.